The smallest absolute Gasteiger partial charge is 0.0521 e. The molecule has 0 bridgehead atoms. The third kappa shape index (κ3) is 4.13. The third-order valence-electron chi connectivity index (χ3n) is 2.90. The molecule has 1 rings (SSSR count). The molecular formula is C15H17IO2. The molecule has 0 aromatic heterocycles. The summed E-state index contributed by atoms with van der Waals surface area (Å²) in [5.41, 5.74) is 0.523. The number of aliphatic hydroxyl groups is 2. The lowest BCUT2D eigenvalue weighted by molar-refractivity contribution is 0.0612. The average molecular weight is 356 g/mol. The van der Waals surface area contributed by atoms with E-state index in [1.54, 1.807) is 0 Å². The van der Waals surface area contributed by atoms with E-state index in [9.17, 15) is 10.2 Å². The van der Waals surface area contributed by atoms with Gasteiger partial charge in [-0.25, -0.2) is 0 Å². The first-order chi connectivity index (χ1) is 8.67. The summed E-state index contributed by atoms with van der Waals surface area (Å²) in [7, 11) is 0. The van der Waals surface area contributed by atoms with E-state index in [2.05, 4.69) is 28.5 Å². The summed E-state index contributed by atoms with van der Waals surface area (Å²) >= 11 is 2.27. The number of halogens is 1. The van der Waals surface area contributed by atoms with Crippen LogP contribution in [0.5, 0.6) is 0 Å². The molecule has 1 aromatic carbocycles. The fourth-order valence-electron chi connectivity index (χ4n) is 1.63. The van der Waals surface area contributed by atoms with Crippen LogP contribution in [0.15, 0.2) is 30.3 Å². The van der Waals surface area contributed by atoms with Gasteiger partial charge < -0.3 is 10.2 Å². The van der Waals surface area contributed by atoms with Gasteiger partial charge in [-0.05, 0) is 40.6 Å². The molecule has 0 spiro atoms. The molecule has 0 saturated heterocycles. The van der Waals surface area contributed by atoms with Crippen LogP contribution in [0.4, 0.5) is 0 Å². The van der Waals surface area contributed by atoms with Gasteiger partial charge in [-0.3, -0.25) is 0 Å². The SMILES string of the molecule is C#CCC(CO)(CO)CC=Cc1ccccc1I. The van der Waals surface area contributed by atoms with E-state index in [1.165, 1.54) is 3.57 Å². The minimum atomic E-state index is -0.606. The summed E-state index contributed by atoms with van der Waals surface area (Å²) in [5.74, 6) is 2.52. The Morgan fingerprint density at radius 3 is 2.50 bits per heavy atom. The van der Waals surface area contributed by atoms with E-state index in [-0.39, 0.29) is 13.2 Å². The minimum absolute atomic E-state index is 0.107. The van der Waals surface area contributed by atoms with Crippen LogP contribution in [-0.2, 0) is 0 Å². The van der Waals surface area contributed by atoms with E-state index in [0.717, 1.165) is 5.56 Å². The summed E-state index contributed by atoms with van der Waals surface area (Å²) in [5, 5.41) is 18.7. The highest BCUT2D eigenvalue weighted by Gasteiger charge is 2.26. The van der Waals surface area contributed by atoms with Crippen molar-refractivity contribution in [2.24, 2.45) is 5.41 Å². The molecule has 18 heavy (non-hydrogen) atoms. The molecule has 0 amide bonds. The van der Waals surface area contributed by atoms with Crippen LogP contribution in [0.1, 0.15) is 18.4 Å². The Bertz CT molecular complexity index is 442. The van der Waals surface area contributed by atoms with Crippen molar-refractivity contribution >= 4 is 28.7 Å². The molecule has 1 aromatic rings. The van der Waals surface area contributed by atoms with E-state index >= 15 is 0 Å². The van der Waals surface area contributed by atoms with Gasteiger partial charge in [0.2, 0.25) is 0 Å². The fourth-order valence-corrected chi connectivity index (χ4v) is 2.19. The first kappa shape index (κ1) is 15.2. The van der Waals surface area contributed by atoms with Crippen LogP contribution < -0.4 is 0 Å². The van der Waals surface area contributed by atoms with Gasteiger partial charge in [0.25, 0.3) is 0 Å². The normalized spacial score (nSPS) is 11.7. The average Bonchev–Trinajstić information content (AvgIpc) is 2.40. The van der Waals surface area contributed by atoms with Gasteiger partial charge in [0.05, 0.1) is 13.2 Å². The maximum absolute atomic E-state index is 9.37. The van der Waals surface area contributed by atoms with Gasteiger partial charge in [-0.1, -0.05) is 30.4 Å². The molecule has 0 saturated carbocycles. The molecule has 2 N–H and O–H groups in total. The predicted molar refractivity (Wildman–Crippen MR) is 82.9 cm³/mol. The zero-order valence-electron chi connectivity index (χ0n) is 10.1. The number of benzene rings is 1. The van der Waals surface area contributed by atoms with Crippen molar-refractivity contribution in [2.45, 2.75) is 12.8 Å². The van der Waals surface area contributed by atoms with E-state index in [1.807, 2.05) is 36.4 Å². The van der Waals surface area contributed by atoms with E-state index in [0.29, 0.717) is 12.8 Å². The highest BCUT2D eigenvalue weighted by atomic mass is 127. The molecule has 0 fully saturated rings. The van der Waals surface area contributed by atoms with Crippen molar-refractivity contribution in [1.29, 1.82) is 0 Å². The fraction of sp³-hybridized carbons (Fsp3) is 0.333. The number of terminal acetylenes is 1. The largest absolute Gasteiger partial charge is 0.396 e. The zero-order valence-corrected chi connectivity index (χ0v) is 12.3. The topological polar surface area (TPSA) is 40.5 Å². The second-order valence-electron chi connectivity index (χ2n) is 4.33. The zero-order chi connectivity index (χ0) is 13.4. The van der Waals surface area contributed by atoms with Gasteiger partial charge in [-0.15, -0.1) is 12.3 Å². The van der Waals surface area contributed by atoms with Crippen LogP contribution in [0.3, 0.4) is 0 Å². The number of rotatable bonds is 6. The number of hydrogen-bond donors (Lipinski definition) is 2. The van der Waals surface area contributed by atoms with Gasteiger partial charge in [0, 0.05) is 15.4 Å². The lowest BCUT2D eigenvalue weighted by Gasteiger charge is -2.25. The Morgan fingerprint density at radius 2 is 1.94 bits per heavy atom. The van der Waals surface area contributed by atoms with Crippen molar-refractivity contribution in [3.05, 3.63) is 39.5 Å². The molecule has 0 heterocycles. The molecule has 0 aliphatic rings. The summed E-state index contributed by atoms with van der Waals surface area (Å²) < 4.78 is 1.17. The molecule has 2 nitrogen and oxygen atoms in total. The Morgan fingerprint density at radius 1 is 1.28 bits per heavy atom. The maximum Gasteiger partial charge on any atom is 0.0521 e. The van der Waals surface area contributed by atoms with Gasteiger partial charge >= 0.3 is 0 Å². The maximum atomic E-state index is 9.37. The monoisotopic (exact) mass is 356 g/mol. The van der Waals surface area contributed by atoms with Crippen molar-refractivity contribution < 1.29 is 10.2 Å². The van der Waals surface area contributed by atoms with Crippen LogP contribution in [0.2, 0.25) is 0 Å². The molecule has 0 unspecified atom stereocenters. The molecule has 0 aliphatic carbocycles. The summed E-state index contributed by atoms with van der Waals surface area (Å²) in [6.45, 7) is -0.214. The second kappa shape index (κ2) is 7.57. The Hall–Kier alpha value is -0.830. The molecule has 3 heteroatoms. The highest BCUT2D eigenvalue weighted by Crippen LogP contribution is 2.26. The van der Waals surface area contributed by atoms with Crippen molar-refractivity contribution in [3.63, 3.8) is 0 Å². The highest BCUT2D eigenvalue weighted by molar-refractivity contribution is 14.1. The second-order valence-corrected chi connectivity index (χ2v) is 5.49. The van der Waals surface area contributed by atoms with Crippen LogP contribution in [-0.4, -0.2) is 23.4 Å². The van der Waals surface area contributed by atoms with Crippen LogP contribution in [0, 0.1) is 21.3 Å². The van der Waals surface area contributed by atoms with Crippen molar-refractivity contribution in [2.75, 3.05) is 13.2 Å². The quantitative estimate of drug-likeness (QED) is 0.608. The van der Waals surface area contributed by atoms with Crippen molar-refractivity contribution in [3.8, 4) is 12.3 Å². The Kier molecular flexibility index (Phi) is 6.41. The molecular weight excluding hydrogens is 339 g/mol. The van der Waals surface area contributed by atoms with E-state index < -0.39 is 5.41 Å². The Balaban J connectivity index is 2.74. The van der Waals surface area contributed by atoms with Crippen LogP contribution >= 0.6 is 22.6 Å². The standard InChI is InChI=1S/C15H17IO2/c1-2-9-15(11-17,12-18)10-5-7-13-6-3-4-8-14(13)16/h1,3-8,17-18H,9-12H2. The van der Waals surface area contributed by atoms with Gasteiger partial charge in [0.15, 0.2) is 0 Å². The van der Waals surface area contributed by atoms with E-state index in [4.69, 9.17) is 6.42 Å². The summed E-state index contributed by atoms with van der Waals surface area (Å²) in [6.07, 6.45) is 10.2. The van der Waals surface area contributed by atoms with Crippen LogP contribution in [0.25, 0.3) is 6.08 Å². The number of aliphatic hydroxyl groups excluding tert-OH is 2. The summed E-state index contributed by atoms with van der Waals surface area (Å²) in [6, 6.07) is 8.03. The van der Waals surface area contributed by atoms with Crippen molar-refractivity contribution in [1.82, 2.24) is 0 Å². The first-order valence-corrected chi connectivity index (χ1v) is 6.81. The summed E-state index contributed by atoms with van der Waals surface area (Å²) in [4.78, 5) is 0. The Labute approximate surface area is 122 Å². The van der Waals surface area contributed by atoms with Gasteiger partial charge in [0.1, 0.15) is 0 Å². The third-order valence-corrected chi connectivity index (χ3v) is 3.88. The molecule has 96 valence electrons. The predicted octanol–water partition coefficient (Wildman–Crippen LogP) is 2.69. The number of allylic oxidation sites excluding steroid dienone is 1. The lowest BCUT2D eigenvalue weighted by atomic mass is 9.83. The molecule has 0 aliphatic heterocycles. The minimum Gasteiger partial charge on any atom is -0.396 e. The first-order valence-electron chi connectivity index (χ1n) is 5.74. The van der Waals surface area contributed by atoms with Gasteiger partial charge in [-0.2, -0.15) is 0 Å². The lowest BCUT2D eigenvalue weighted by Crippen LogP contribution is -2.28. The molecule has 0 atom stereocenters. The number of hydrogen-bond acceptors (Lipinski definition) is 2. The molecule has 0 radical (unpaired) electrons.